The molecule has 2 atom stereocenters. The predicted molar refractivity (Wildman–Crippen MR) is 58.3 cm³/mol. The summed E-state index contributed by atoms with van der Waals surface area (Å²) in [6.45, 7) is 8.22. The fourth-order valence-corrected chi connectivity index (χ4v) is 1.19. The Balaban J connectivity index is 3.66. The summed E-state index contributed by atoms with van der Waals surface area (Å²) in [6.07, 6.45) is 6.00. The van der Waals surface area contributed by atoms with Gasteiger partial charge < -0.3 is 11.1 Å². The number of hydrogen-bond acceptors (Lipinski definition) is 2. The molecule has 0 rings (SSSR count). The van der Waals surface area contributed by atoms with Crippen molar-refractivity contribution in [2.45, 2.75) is 33.2 Å². The van der Waals surface area contributed by atoms with E-state index in [1.807, 2.05) is 0 Å². The summed E-state index contributed by atoms with van der Waals surface area (Å²) in [5, 5.41) is 3.39. The summed E-state index contributed by atoms with van der Waals surface area (Å²) in [7, 11) is 0. The third kappa shape index (κ3) is 5.68. The fourth-order valence-electron chi connectivity index (χ4n) is 1.19. The molecule has 0 saturated heterocycles. The second-order valence-electron chi connectivity index (χ2n) is 3.96. The van der Waals surface area contributed by atoms with Gasteiger partial charge in [-0.05, 0) is 31.8 Å². The summed E-state index contributed by atoms with van der Waals surface area (Å²) in [4.78, 5) is 0. The van der Waals surface area contributed by atoms with Gasteiger partial charge in [-0.2, -0.15) is 0 Å². The monoisotopic (exact) mass is 182 g/mol. The van der Waals surface area contributed by atoms with Crippen LogP contribution in [0.1, 0.15) is 27.2 Å². The van der Waals surface area contributed by atoms with Crippen LogP contribution in [0.4, 0.5) is 0 Å². The van der Waals surface area contributed by atoms with Crippen LogP contribution in [0.5, 0.6) is 0 Å². The van der Waals surface area contributed by atoms with Gasteiger partial charge in [0.05, 0.1) is 0 Å². The average Bonchev–Trinajstić information content (AvgIpc) is 2.05. The predicted octanol–water partition coefficient (Wildman–Crippen LogP) is 1.22. The van der Waals surface area contributed by atoms with Crippen molar-refractivity contribution in [3.63, 3.8) is 0 Å². The third-order valence-corrected chi connectivity index (χ3v) is 2.40. The molecule has 0 aromatic heterocycles. The van der Waals surface area contributed by atoms with E-state index >= 15 is 0 Å². The van der Waals surface area contributed by atoms with Gasteiger partial charge >= 0.3 is 0 Å². The lowest BCUT2D eigenvalue weighted by molar-refractivity contribution is 0.355. The Morgan fingerprint density at radius 2 is 2.00 bits per heavy atom. The second-order valence-corrected chi connectivity index (χ2v) is 3.96. The maximum absolute atomic E-state index is 5.65. The number of nitrogens with one attached hydrogen (secondary N) is 1. The average molecular weight is 182 g/mol. The zero-order valence-corrected chi connectivity index (χ0v) is 9.01. The number of terminal acetylenes is 1. The fraction of sp³-hybridized carbons (Fsp3) is 0.818. The SMILES string of the molecule is C#CCC(C)NCC(CN)C(C)C. The Morgan fingerprint density at radius 1 is 1.38 bits per heavy atom. The van der Waals surface area contributed by atoms with Crippen LogP contribution in [0.25, 0.3) is 0 Å². The van der Waals surface area contributed by atoms with E-state index in [0.29, 0.717) is 17.9 Å². The molecule has 0 aliphatic carbocycles. The smallest absolute Gasteiger partial charge is 0.0238 e. The Bertz CT molecular complexity index is 158. The first kappa shape index (κ1) is 12.5. The first-order chi connectivity index (χ1) is 6.11. The van der Waals surface area contributed by atoms with Crippen LogP contribution in [-0.4, -0.2) is 19.1 Å². The quantitative estimate of drug-likeness (QED) is 0.606. The van der Waals surface area contributed by atoms with Crippen molar-refractivity contribution in [1.29, 1.82) is 0 Å². The van der Waals surface area contributed by atoms with E-state index in [9.17, 15) is 0 Å². The molecule has 0 aliphatic heterocycles. The second kappa shape index (κ2) is 6.94. The molecule has 0 heterocycles. The summed E-state index contributed by atoms with van der Waals surface area (Å²) in [5.74, 6) is 3.84. The van der Waals surface area contributed by atoms with Crippen molar-refractivity contribution < 1.29 is 0 Å². The molecule has 2 unspecified atom stereocenters. The molecule has 0 radical (unpaired) electrons. The van der Waals surface area contributed by atoms with Crippen LogP contribution >= 0.6 is 0 Å². The van der Waals surface area contributed by atoms with E-state index in [0.717, 1.165) is 19.5 Å². The van der Waals surface area contributed by atoms with Crippen LogP contribution in [-0.2, 0) is 0 Å². The van der Waals surface area contributed by atoms with Crippen LogP contribution in [0, 0.1) is 24.2 Å². The molecule has 0 bridgehead atoms. The van der Waals surface area contributed by atoms with Crippen LogP contribution in [0.2, 0.25) is 0 Å². The van der Waals surface area contributed by atoms with Gasteiger partial charge in [0.1, 0.15) is 0 Å². The molecular weight excluding hydrogens is 160 g/mol. The molecule has 3 N–H and O–H groups in total. The van der Waals surface area contributed by atoms with Gasteiger partial charge in [0.2, 0.25) is 0 Å². The van der Waals surface area contributed by atoms with Gasteiger partial charge in [-0.15, -0.1) is 12.3 Å². The molecular formula is C11H22N2. The summed E-state index contributed by atoms with van der Waals surface area (Å²) in [5.41, 5.74) is 5.65. The van der Waals surface area contributed by atoms with Crippen molar-refractivity contribution in [3.05, 3.63) is 0 Å². The highest BCUT2D eigenvalue weighted by Crippen LogP contribution is 2.07. The van der Waals surface area contributed by atoms with Crippen molar-refractivity contribution in [1.82, 2.24) is 5.32 Å². The minimum atomic E-state index is 0.401. The van der Waals surface area contributed by atoms with Crippen molar-refractivity contribution >= 4 is 0 Å². The summed E-state index contributed by atoms with van der Waals surface area (Å²) < 4.78 is 0. The highest BCUT2D eigenvalue weighted by atomic mass is 14.9. The largest absolute Gasteiger partial charge is 0.330 e. The minimum Gasteiger partial charge on any atom is -0.330 e. The third-order valence-electron chi connectivity index (χ3n) is 2.40. The van der Waals surface area contributed by atoms with E-state index in [4.69, 9.17) is 12.2 Å². The molecule has 0 saturated carbocycles. The zero-order chi connectivity index (χ0) is 10.3. The van der Waals surface area contributed by atoms with Crippen molar-refractivity contribution in [2.24, 2.45) is 17.6 Å². The maximum Gasteiger partial charge on any atom is 0.0238 e. The molecule has 0 aromatic carbocycles. The minimum absolute atomic E-state index is 0.401. The summed E-state index contributed by atoms with van der Waals surface area (Å²) in [6, 6.07) is 0.401. The van der Waals surface area contributed by atoms with E-state index in [-0.39, 0.29) is 0 Å². The molecule has 2 nitrogen and oxygen atoms in total. The summed E-state index contributed by atoms with van der Waals surface area (Å²) >= 11 is 0. The maximum atomic E-state index is 5.65. The lowest BCUT2D eigenvalue weighted by atomic mass is 9.96. The molecule has 0 spiro atoms. The van der Waals surface area contributed by atoms with Gasteiger partial charge in [-0.3, -0.25) is 0 Å². The van der Waals surface area contributed by atoms with Gasteiger partial charge in [0.15, 0.2) is 0 Å². The molecule has 0 fully saturated rings. The molecule has 0 amide bonds. The Labute approximate surface area is 82.3 Å². The van der Waals surface area contributed by atoms with Gasteiger partial charge in [0.25, 0.3) is 0 Å². The number of nitrogens with two attached hydrogens (primary N) is 1. The highest BCUT2D eigenvalue weighted by molar-refractivity contribution is 4.88. The van der Waals surface area contributed by atoms with Gasteiger partial charge in [0, 0.05) is 12.5 Å². The van der Waals surface area contributed by atoms with E-state index in [1.165, 1.54) is 0 Å². The van der Waals surface area contributed by atoms with E-state index in [2.05, 4.69) is 32.0 Å². The number of rotatable bonds is 6. The molecule has 2 heteroatoms. The van der Waals surface area contributed by atoms with Crippen LogP contribution in [0.15, 0.2) is 0 Å². The molecule has 13 heavy (non-hydrogen) atoms. The highest BCUT2D eigenvalue weighted by Gasteiger charge is 2.11. The number of hydrogen-bond donors (Lipinski definition) is 2. The lowest BCUT2D eigenvalue weighted by Gasteiger charge is -2.21. The van der Waals surface area contributed by atoms with Crippen LogP contribution < -0.4 is 11.1 Å². The van der Waals surface area contributed by atoms with E-state index in [1.54, 1.807) is 0 Å². The van der Waals surface area contributed by atoms with Crippen LogP contribution in [0.3, 0.4) is 0 Å². The van der Waals surface area contributed by atoms with E-state index < -0.39 is 0 Å². The Hall–Kier alpha value is -0.520. The standard InChI is InChI=1S/C11H22N2/c1-5-6-10(4)13-8-11(7-12)9(2)3/h1,9-11,13H,6-8,12H2,2-4H3. The zero-order valence-electron chi connectivity index (χ0n) is 9.01. The first-order valence-electron chi connectivity index (χ1n) is 4.98. The topological polar surface area (TPSA) is 38.0 Å². The van der Waals surface area contributed by atoms with Crippen molar-refractivity contribution in [2.75, 3.05) is 13.1 Å². The normalized spacial score (nSPS) is 15.4. The molecule has 76 valence electrons. The van der Waals surface area contributed by atoms with Gasteiger partial charge in [-0.25, -0.2) is 0 Å². The Kier molecular flexibility index (Phi) is 6.66. The molecule has 0 aliphatic rings. The molecule has 0 aromatic rings. The first-order valence-corrected chi connectivity index (χ1v) is 4.98. The van der Waals surface area contributed by atoms with Crippen molar-refractivity contribution in [3.8, 4) is 12.3 Å². The van der Waals surface area contributed by atoms with Gasteiger partial charge in [-0.1, -0.05) is 13.8 Å². The lowest BCUT2D eigenvalue weighted by Crippen LogP contribution is -2.36. The Morgan fingerprint density at radius 3 is 2.38 bits per heavy atom.